The van der Waals surface area contributed by atoms with E-state index in [0.29, 0.717) is 29.4 Å². The van der Waals surface area contributed by atoms with Crippen molar-refractivity contribution in [1.29, 1.82) is 0 Å². The van der Waals surface area contributed by atoms with Crippen LogP contribution in [0.25, 0.3) is 5.69 Å². The minimum Gasteiger partial charge on any atom is -0.466 e. The van der Waals surface area contributed by atoms with Crippen LogP contribution in [0.2, 0.25) is 10.0 Å². The van der Waals surface area contributed by atoms with Crippen molar-refractivity contribution in [1.82, 2.24) is 9.78 Å². The topological polar surface area (TPSA) is 73.2 Å². The number of nitrogens with one attached hydrogen (secondary N) is 1. The van der Waals surface area contributed by atoms with Crippen LogP contribution in [0.4, 0.5) is 5.69 Å². The third-order valence-electron chi connectivity index (χ3n) is 3.48. The van der Waals surface area contributed by atoms with Crippen molar-refractivity contribution < 1.29 is 9.53 Å². The highest BCUT2D eigenvalue weighted by atomic mass is 35.5. The molecule has 1 aromatic heterocycles. The SMILES string of the molecule is CCOC(=O)CC[C@H](C)Nc1cnn(-c2ccc(Cl)cc2)c(=O)c1Cl. The van der Waals surface area contributed by atoms with E-state index in [1.807, 2.05) is 6.92 Å². The predicted octanol–water partition coefficient (Wildman–Crippen LogP) is 3.68. The van der Waals surface area contributed by atoms with Gasteiger partial charge in [-0.3, -0.25) is 9.59 Å². The summed E-state index contributed by atoms with van der Waals surface area (Å²) in [5, 5.41) is 7.84. The molecule has 0 saturated carbocycles. The number of rotatable bonds is 7. The van der Waals surface area contributed by atoms with E-state index in [9.17, 15) is 9.59 Å². The number of anilines is 1. The summed E-state index contributed by atoms with van der Waals surface area (Å²) in [5.74, 6) is -0.251. The first-order valence-electron chi connectivity index (χ1n) is 7.88. The van der Waals surface area contributed by atoms with E-state index >= 15 is 0 Å². The van der Waals surface area contributed by atoms with E-state index in [4.69, 9.17) is 27.9 Å². The molecular formula is C17H19Cl2N3O3. The Labute approximate surface area is 155 Å². The standard InChI is InChI=1S/C17H19Cl2N3O3/c1-3-25-15(23)9-4-11(2)21-14-10-20-22(17(24)16(14)19)13-7-5-12(18)6-8-13/h5-8,10-11,21H,3-4,9H2,1-2H3/t11-/m0/s1. The van der Waals surface area contributed by atoms with Crippen molar-refractivity contribution in [2.75, 3.05) is 11.9 Å². The van der Waals surface area contributed by atoms with Gasteiger partial charge in [0.1, 0.15) is 5.02 Å². The molecule has 8 heteroatoms. The molecule has 6 nitrogen and oxygen atoms in total. The zero-order valence-corrected chi connectivity index (χ0v) is 15.5. The van der Waals surface area contributed by atoms with Gasteiger partial charge in [0.15, 0.2) is 0 Å². The molecule has 1 N–H and O–H groups in total. The molecule has 2 rings (SSSR count). The number of carbonyl (C=O) groups excluding carboxylic acids is 1. The fourth-order valence-electron chi connectivity index (χ4n) is 2.20. The Balaban J connectivity index is 2.10. The summed E-state index contributed by atoms with van der Waals surface area (Å²) in [6.45, 7) is 4.01. The molecule has 25 heavy (non-hydrogen) atoms. The van der Waals surface area contributed by atoms with Crippen molar-refractivity contribution in [3.63, 3.8) is 0 Å². The van der Waals surface area contributed by atoms with Crippen molar-refractivity contribution in [3.8, 4) is 5.69 Å². The van der Waals surface area contributed by atoms with Crippen LogP contribution in [0.3, 0.4) is 0 Å². The molecule has 0 fully saturated rings. The maximum Gasteiger partial charge on any atom is 0.305 e. The number of esters is 1. The fraction of sp³-hybridized carbons (Fsp3) is 0.353. The van der Waals surface area contributed by atoms with Crippen molar-refractivity contribution in [2.45, 2.75) is 32.7 Å². The summed E-state index contributed by atoms with van der Waals surface area (Å²) in [4.78, 5) is 23.8. The highest BCUT2D eigenvalue weighted by Gasteiger charge is 2.14. The minimum atomic E-state index is -0.438. The molecule has 2 aromatic rings. The van der Waals surface area contributed by atoms with Gasteiger partial charge in [0, 0.05) is 17.5 Å². The first kappa shape index (κ1) is 19.3. The third-order valence-corrected chi connectivity index (χ3v) is 4.10. The normalized spacial score (nSPS) is 11.8. The molecule has 0 spiro atoms. The van der Waals surface area contributed by atoms with Gasteiger partial charge in [0.05, 0.1) is 24.2 Å². The van der Waals surface area contributed by atoms with Gasteiger partial charge in [-0.2, -0.15) is 9.78 Å². The third kappa shape index (κ3) is 5.21. The van der Waals surface area contributed by atoms with Crippen LogP contribution in [-0.4, -0.2) is 28.4 Å². The number of halogens is 2. The Morgan fingerprint density at radius 2 is 2.00 bits per heavy atom. The largest absolute Gasteiger partial charge is 0.466 e. The monoisotopic (exact) mass is 383 g/mol. The Bertz CT molecular complexity index is 791. The smallest absolute Gasteiger partial charge is 0.305 e. The second-order valence-corrected chi connectivity index (χ2v) is 6.27. The average molecular weight is 384 g/mol. The van der Waals surface area contributed by atoms with E-state index in [0.717, 1.165) is 0 Å². The molecular weight excluding hydrogens is 365 g/mol. The maximum absolute atomic E-state index is 12.4. The fourth-order valence-corrected chi connectivity index (χ4v) is 2.51. The summed E-state index contributed by atoms with van der Waals surface area (Å²) in [6, 6.07) is 6.63. The van der Waals surface area contributed by atoms with E-state index < -0.39 is 5.56 Å². The number of hydrogen-bond acceptors (Lipinski definition) is 5. The molecule has 0 saturated heterocycles. The zero-order chi connectivity index (χ0) is 18.4. The average Bonchev–Trinajstić information content (AvgIpc) is 2.59. The molecule has 0 aliphatic rings. The van der Waals surface area contributed by atoms with Crippen LogP contribution in [0.15, 0.2) is 35.3 Å². The Kier molecular flexibility index (Phi) is 6.84. The lowest BCUT2D eigenvalue weighted by atomic mass is 10.2. The number of hydrogen-bond donors (Lipinski definition) is 1. The van der Waals surface area contributed by atoms with Crippen LogP contribution >= 0.6 is 23.2 Å². The van der Waals surface area contributed by atoms with E-state index in [-0.39, 0.29) is 23.5 Å². The highest BCUT2D eigenvalue weighted by molar-refractivity contribution is 6.33. The quantitative estimate of drug-likeness (QED) is 0.738. The number of carbonyl (C=O) groups is 1. The highest BCUT2D eigenvalue weighted by Crippen LogP contribution is 2.19. The summed E-state index contributed by atoms with van der Waals surface area (Å²) in [6.07, 6.45) is 2.32. The van der Waals surface area contributed by atoms with Crippen molar-refractivity contribution >= 4 is 34.9 Å². The predicted molar refractivity (Wildman–Crippen MR) is 98.8 cm³/mol. The van der Waals surface area contributed by atoms with Crippen molar-refractivity contribution in [2.24, 2.45) is 0 Å². The Morgan fingerprint density at radius 3 is 2.64 bits per heavy atom. The van der Waals surface area contributed by atoms with E-state index in [2.05, 4.69) is 10.4 Å². The van der Waals surface area contributed by atoms with Gasteiger partial charge in [0.25, 0.3) is 5.56 Å². The summed E-state index contributed by atoms with van der Waals surface area (Å²) >= 11 is 12.0. The van der Waals surface area contributed by atoms with Gasteiger partial charge in [-0.05, 0) is 44.5 Å². The second kappa shape index (κ2) is 8.87. The molecule has 134 valence electrons. The molecule has 0 aliphatic heterocycles. The lowest BCUT2D eigenvalue weighted by molar-refractivity contribution is -0.143. The number of nitrogens with zero attached hydrogens (tertiary/aromatic N) is 2. The first-order valence-corrected chi connectivity index (χ1v) is 8.64. The molecule has 1 atom stereocenters. The van der Waals surface area contributed by atoms with E-state index in [1.54, 1.807) is 31.2 Å². The molecule has 0 radical (unpaired) electrons. The van der Waals surface area contributed by atoms with Crippen LogP contribution < -0.4 is 10.9 Å². The van der Waals surface area contributed by atoms with Crippen molar-refractivity contribution in [3.05, 3.63) is 50.9 Å². The van der Waals surface area contributed by atoms with Crippen LogP contribution in [0.5, 0.6) is 0 Å². The number of ether oxygens (including phenoxy) is 1. The van der Waals surface area contributed by atoms with Gasteiger partial charge in [0.2, 0.25) is 0 Å². The van der Waals surface area contributed by atoms with Crippen LogP contribution in [0, 0.1) is 0 Å². The molecule has 0 amide bonds. The molecule has 0 aliphatic carbocycles. The second-order valence-electron chi connectivity index (χ2n) is 5.45. The van der Waals surface area contributed by atoms with Crippen LogP contribution in [0.1, 0.15) is 26.7 Å². The minimum absolute atomic E-state index is 0.0351. The van der Waals surface area contributed by atoms with Gasteiger partial charge >= 0.3 is 5.97 Å². The lowest BCUT2D eigenvalue weighted by Crippen LogP contribution is -2.25. The first-order chi connectivity index (χ1) is 11.9. The lowest BCUT2D eigenvalue weighted by Gasteiger charge is -2.16. The van der Waals surface area contributed by atoms with Gasteiger partial charge in [-0.1, -0.05) is 23.2 Å². The van der Waals surface area contributed by atoms with Gasteiger partial charge in [-0.15, -0.1) is 0 Å². The van der Waals surface area contributed by atoms with Crippen LogP contribution in [-0.2, 0) is 9.53 Å². The molecule has 1 aromatic carbocycles. The summed E-state index contributed by atoms with van der Waals surface area (Å²) < 4.78 is 6.09. The summed E-state index contributed by atoms with van der Waals surface area (Å²) in [7, 11) is 0. The number of benzene rings is 1. The van der Waals surface area contributed by atoms with Gasteiger partial charge in [-0.25, -0.2) is 0 Å². The maximum atomic E-state index is 12.4. The number of aromatic nitrogens is 2. The summed E-state index contributed by atoms with van der Waals surface area (Å²) in [5.41, 5.74) is 0.554. The molecule has 1 heterocycles. The molecule has 0 bridgehead atoms. The molecule has 0 unspecified atom stereocenters. The Hall–Kier alpha value is -2.05. The zero-order valence-electron chi connectivity index (χ0n) is 14.0. The Morgan fingerprint density at radius 1 is 1.32 bits per heavy atom. The van der Waals surface area contributed by atoms with Gasteiger partial charge < -0.3 is 10.1 Å². The van der Waals surface area contributed by atoms with E-state index in [1.165, 1.54) is 10.9 Å².